The number of nitrogens with one attached hydrogen (secondary N) is 1. The predicted octanol–water partition coefficient (Wildman–Crippen LogP) is 4.32. The molecule has 0 aromatic heterocycles. The van der Waals surface area contributed by atoms with E-state index in [0.717, 1.165) is 31.5 Å². The molecule has 0 saturated heterocycles. The Kier molecular flexibility index (Phi) is 6.03. The quantitative estimate of drug-likeness (QED) is 0.584. The molecule has 3 heteroatoms. The van der Waals surface area contributed by atoms with Crippen molar-refractivity contribution in [3.63, 3.8) is 0 Å². The molecule has 100 valence electrons. The van der Waals surface area contributed by atoms with Crippen molar-refractivity contribution >= 4 is 15.9 Å². The first-order valence-corrected chi connectivity index (χ1v) is 7.08. The van der Waals surface area contributed by atoms with Crippen molar-refractivity contribution in [3.8, 4) is 0 Å². The average Bonchev–Trinajstić information content (AvgIpc) is 2.34. The van der Waals surface area contributed by atoms with Gasteiger partial charge < -0.3 is 5.32 Å². The lowest BCUT2D eigenvalue weighted by Gasteiger charge is -2.26. The summed E-state index contributed by atoms with van der Waals surface area (Å²) in [5.41, 5.74) is 1.11. The number of rotatable bonds is 7. The third kappa shape index (κ3) is 4.54. The first-order chi connectivity index (χ1) is 8.50. The summed E-state index contributed by atoms with van der Waals surface area (Å²) in [6.07, 6.45) is 3.95. The Morgan fingerprint density at radius 2 is 2.22 bits per heavy atom. The van der Waals surface area contributed by atoms with Crippen molar-refractivity contribution < 1.29 is 4.39 Å². The average molecular weight is 314 g/mol. The van der Waals surface area contributed by atoms with Crippen molar-refractivity contribution in [1.29, 1.82) is 0 Å². The molecule has 1 N–H and O–H groups in total. The van der Waals surface area contributed by atoms with Gasteiger partial charge in [-0.05, 0) is 53.0 Å². The van der Waals surface area contributed by atoms with Gasteiger partial charge in [-0.15, -0.1) is 6.58 Å². The zero-order valence-electron chi connectivity index (χ0n) is 11.1. The van der Waals surface area contributed by atoms with Crippen LogP contribution in [0.4, 0.5) is 4.39 Å². The molecule has 0 bridgehead atoms. The number of halogens is 2. The Hall–Kier alpha value is -0.670. The van der Waals surface area contributed by atoms with Gasteiger partial charge in [-0.2, -0.15) is 0 Å². The fourth-order valence-electron chi connectivity index (χ4n) is 1.87. The molecule has 1 unspecified atom stereocenters. The second-order valence-corrected chi connectivity index (χ2v) is 5.81. The molecule has 0 spiro atoms. The van der Waals surface area contributed by atoms with Crippen LogP contribution in [0.15, 0.2) is 35.3 Å². The van der Waals surface area contributed by atoms with Crippen LogP contribution < -0.4 is 5.32 Å². The van der Waals surface area contributed by atoms with Crippen LogP contribution in [0.5, 0.6) is 0 Å². The summed E-state index contributed by atoms with van der Waals surface area (Å²) < 4.78 is 13.7. The molecule has 0 aliphatic rings. The summed E-state index contributed by atoms with van der Waals surface area (Å²) in [4.78, 5) is 0. The lowest BCUT2D eigenvalue weighted by Crippen LogP contribution is -2.32. The standard InChI is InChI=1S/C15H21BrFN/c1-4-8-18-11-15(3,5-2)10-12-6-7-14(17)13(16)9-12/h5-7,9,18H,2,4,8,10-11H2,1,3H3. The van der Waals surface area contributed by atoms with E-state index in [2.05, 4.69) is 41.7 Å². The van der Waals surface area contributed by atoms with Gasteiger partial charge in [-0.1, -0.05) is 26.0 Å². The minimum absolute atomic E-state index is 0.00750. The zero-order valence-corrected chi connectivity index (χ0v) is 12.7. The van der Waals surface area contributed by atoms with Gasteiger partial charge in [0, 0.05) is 12.0 Å². The molecule has 0 aliphatic heterocycles. The van der Waals surface area contributed by atoms with Crippen LogP contribution in [0, 0.1) is 11.2 Å². The van der Waals surface area contributed by atoms with Gasteiger partial charge >= 0.3 is 0 Å². The third-order valence-corrected chi connectivity index (χ3v) is 3.65. The van der Waals surface area contributed by atoms with Crippen molar-refractivity contribution in [2.75, 3.05) is 13.1 Å². The van der Waals surface area contributed by atoms with E-state index in [0.29, 0.717) is 4.47 Å². The predicted molar refractivity (Wildman–Crippen MR) is 79.3 cm³/mol. The van der Waals surface area contributed by atoms with Crippen LogP contribution in [-0.4, -0.2) is 13.1 Å². The SMILES string of the molecule is C=CC(C)(CNCCC)Cc1ccc(F)c(Br)c1. The third-order valence-electron chi connectivity index (χ3n) is 3.04. The Morgan fingerprint density at radius 1 is 1.50 bits per heavy atom. The molecule has 1 atom stereocenters. The minimum Gasteiger partial charge on any atom is -0.316 e. The van der Waals surface area contributed by atoms with Crippen molar-refractivity contribution in [2.24, 2.45) is 5.41 Å². The number of hydrogen-bond donors (Lipinski definition) is 1. The van der Waals surface area contributed by atoms with Gasteiger partial charge in [0.25, 0.3) is 0 Å². The number of benzene rings is 1. The molecule has 0 amide bonds. The fraction of sp³-hybridized carbons (Fsp3) is 0.467. The van der Waals surface area contributed by atoms with Crippen molar-refractivity contribution in [2.45, 2.75) is 26.7 Å². The first-order valence-electron chi connectivity index (χ1n) is 6.29. The van der Waals surface area contributed by atoms with E-state index >= 15 is 0 Å². The molecule has 0 heterocycles. The van der Waals surface area contributed by atoms with Crippen LogP contribution >= 0.6 is 15.9 Å². The zero-order chi connectivity index (χ0) is 13.6. The summed E-state index contributed by atoms with van der Waals surface area (Å²) in [5.74, 6) is -0.219. The summed E-state index contributed by atoms with van der Waals surface area (Å²) >= 11 is 3.22. The van der Waals surface area contributed by atoms with E-state index in [-0.39, 0.29) is 11.2 Å². The van der Waals surface area contributed by atoms with Gasteiger partial charge in [0.05, 0.1) is 4.47 Å². The maximum Gasteiger partial charge on any atom is 0.137 e. The molecule has 0 fully saturated rings. The lowest BCUT2D eigenvalue weighted by molar-refractivity contribution is 0.391. The highest BCUT2D eigenvalue weighted by Crippen LogP contribution is 2.26. The first kappa shape index (κ1) is 15.4. The van der Waals surface area contributed by atoms with Crippen LogP contribution in [0.1, 0.15) is 25.8 Å². The smallest absolute Gasteiger partial charge is 0.137 e. The van der Waals surface area contributed by atoms with Crippen molar-refractivity contribution in [3.05, 3.63) is 46.7 Å². The summed E-state index contributed by atoms with van der Waals surface area (Å²) in [6.45, 7) is 10.1. The molecule has 0 saturated carbocycles. The van der Waals surface area contributed by atoms with Gasteiger partial charge in [0.1, 0.15) is 5.82 Å². The molecule has 1 nitrogen and oxygen atoms in total. The van der Waals surface area contributed by atoms with Crippen LogP contribution in [0.25, 0.3) is 0 Å². The van der Waals surface area contributed by atoms with E-state index in [1.54, 1.807) is 0 Å². The molecule has 1 aromatic carbocycles. The molecular formula is C15H21BrFN. The number of hydrogen-bond acceptors (Lipinski definition) is 1. The lowest BCUT2D eigenvalue weighted by atomic mass is 9.83. The summed E-state index contributed by atoms with van der Waals surface area (Å²) in [5, 5.41) is 3.42. The Labute approximate surface area is 118 Å². The topological polar surface area (TPSA) is 12.0 Å². The maximum atomic E-state index is 13.2. The van der Waals surface area contributed by atoms with E-state index in [1.807, 2.05) is 18.2 Å². The Bertz CT molecular complexity index is 405. The minimum atomic E-state index is -0.219. The van der Waals surface area contributed by atoms with E-state index < -0.39 is 0 Å². The highest BCUT2D eigenvalue weighted by molar-refractivity contribution is 9.10. The van der Waals surface area contributed by atoms with Crippen LogP contribution in [0.2, 0.25) is 0 Å². The molecule has 0 aliphatic carbocycles. The maximum absolute atomic E-state index is 13.2. The van der Waals surface area contributed by atoms with E-state index in [1.165, 1.54) is 6.07 Å². The summed E-state index contributed by atoms with van der Waals surface area (Å²) in [7, 11) is 0. The normalized spacial score (nSPS) is 14.2. The van der Waals surface area contributed by atoms with Gasteiger partial charge in [0.2, 0.25) is 0 Å². The largest absolute Gasteiger partial charge is 0.316 e. The van der Waals surface area contributed by atoms with E-state index in [9.17, 15) is 4.39 Å². The Balaban J connectivity index is 2.71. The molecule has 1 rings (SSSR count). The van der Waals surface area contributed by atoms with Gasteiger partial charge in [-0.3, -0.25) is 0 Å². The second-order valence-electron chi connectivity index (χ2n) is 4.96. The Morgan fingerprint density at radius 3 is 2.78 bits per heavy atom. The molecule has 0 radical (unpaired) electrons. The van der Waals surface area contributed by atoms with Gasteiger partial charge in [0.15, 0.2) is 0 Å². The highest BCUT2D eigenvalue weighted by Gasteiger charge is 2.20. The molecular weight excluding hydrogens is 293 g/mol. The van der Waals surface area contributed by atoms with Crippen molar-refractivity contribution in [1.82, 2.24) is 5.32 Å². The van der Waals surface area contributed by atoms with Gasteiger partial charge in [-0.25, -0.2) is 4.39 Å². The highest BCUT2D eigenvalue weighted by atomic mass is 79.9. The summed E-state index contributed by atoms with van der Waals surface area (Å²) in [6, 6.07) is 5.18. The second kappa shape index (κ2) is 7.05. The molecule has 1 aromatic rings. The van der Waals surface area contributed by atoms with Crippen LogP contribution in [0.3, 0.4) is 0 Å². The van der Waals surface area contributed by atoms with Crippen LogP contribution in [-0.2, 0) is 6.42 Å². The fourth-order valence-corrected chi connectivity index (χ4v) is 2.30. The van der Waals surface area contributed by atoms with E-state index in [4.69, 9.17) is 0 Å². The monoisotopic (exact) mass is 313 g/mol. The molecule has 18 heavy (non-hydrogen) atoms.